The molecule has 1 fully saturated rings. The second kappa shape index (κ2) is 8.44. The Hall–Kier alpha value is -3.22. The van der Waals surface area contributed by atoms with Crippen molar-refractivity contribution in [2.45, 2.75) is 25.3 Å². The summed E-state index contributed by atoms with van der Waals surface area (Å²) < 4.78 is 0. The molecule has 7 nitrogen and oxygen atoms in total. The summed E-state index contributed by atoms with van der Waals surface area (Å²) in [6, 6.07) is 10.0. The summed E-state index contributed by atoms with van der Waals surface area (Å²) in [5, 5.41) is 11.8. The van der Waals surface area contributed by atoms with Crippen molar-refractivity contribution in [2.75, 3.05) is 13.1 Å². The number of amides is 2. The first-order valence-electron chi connectivity index (χ1n) is 8.86. The van der Waals surface area contributed by atoms with E-state index in [9.17, 15) is 14.4 Å². The van der Waals surface area contributed by atoms with E-state index in [4.69, 9.17) is 5.11 Å². The van der Waals surface area contributed by atoms with Gasteiger partial charge in [-0.15, -0.1) is 0 Å². The Bertz CT molecular complexity index is 832. The van der Waals surface area contributed by atoms with Gasteiger partial charge in [-0.05, 0) is 24.5 Å². The van der Waals surface area contributed by atoms with Crippen molar-refractivity contribution in [2.24, 2.45) is 0 Å². The molecule has 1 aromatic carbocycles. The summed E-state index contributed by atoms with van der Waals surface area (Å²) in [5.41, 5.74) is 0.975. The number of hydrogen-bond donors (Lipinski definition) is 2. The largest absolute Gasteiger partial charge is 0.478 e. The molecular formula is C20H21N3O4. The van der Waals surface area contributed by atoms with Crippen molar-refractivity contribution in [1.82, 2.24) is 15.2 Å². The zero-order valence-electron chi connectivity index (χ0n) is 14.8. The lowest BCUT2D eigenvalue weighted by Gasteiger charge is -2.24. The van der Waals surface area contributed by atoms with Gasteiger partial charge in [-0.3, -0.25) is 14.6 Å². The molecule has 1 atom stereocenters. The number of carbonyl (C=O) groups excluding carboxylic acids is 2. The van der Waals surface area contributed by atoms with Crippen molar-refractivity contribution >= 4 is 17.8 Å². The Kier molecular flexibility index (Phi) is 5.80. The molecular weight excluding hydrogens is 346 g/mol. The minimum absolute atomic E-state index is 0.0758. The SMILES string of the molecule is O=C(O)c1cncc(C(=O)NC(Cc2ccccc2)C(=O)N2CCCC2)c1. The number of carboxylic acids is 1. The number of aromatic nitrogens is 1. The molecule has 0 spiro atoms. The van der Waals surface area contributed by atoms with E-state index in [0.29, 0.717) is 19.5 Å². The fraction of sp³-hybridized carbons (Fsp3) is 0.300. The number of benzene rings is 1. The van der Waals surface area contributed by atoms with E-state index in [-0.39, 0.29) is 17.0 Å². The van der Waals surface area contributed by atoms with Gasteiger partial charge in [0.25, 0.3) is 5.91 Å². The predicted molar refractivity (Wildman–Crippen MR) is 98.4 cm³/mol. The molecule has 1 unspecified atom stereocenters. The summed E-state index contributed by atoms with van der Waals surface area (Å²) >= 11 is 0. The molecule has 0 saturated carbocycles. The Morgan fingerprint density at radius 2 is 1.74 bits per heavy atom. The molecule has 1 aliphatic rings. The molecule has 140 valence electrons. The van der Waals surface area contributed by atoms with Crippen LogP contribution in [-0.4, -0.2) is 51.9 Å². The maximum absolute atomic E-state index is 12.9. The molecule has 2 aromatic rings. The van der Waals surface area contributed by atoms with E-state index in [1.807, 2.05) is 30.3 Å². The van der Waals surface area contributed by atoms with E-state index in [1.54, 1.807) is 4.90 Å². The van der Waals surface area contributed by atoms with Crippen LogP contribution in [0.15, 0.2) is 48.8 Å². The van der Waals surface area contributed by atoms with Gasteiger partial charge in [-0.2, -0.15) is 0 Å². The van der Waals surface area contributed by atoms with Gasteiger partial charge < -0.3 is 15.3 Å². The molecule has 7 heteroatoms. The minimum Gasteiger partial charge on any atom is -0.478 e. The summed E-state index contributed by atoms with van der Waals surface area (Å²) in [5.74, 6) is -1.79. The van der Waals surface area contributed by atoms with Crippen molar-refractivity contribution in [3.05, 3.63) is 65.5 Å². The number of hydrogen-bond acceptors (Lipinski definition) is 4. The number of pyridine rings is 1. The lowest BCUT2D eigenvalue weighted by molar-refractivity contribution is -0.132. The van der Waals surface area contributed by atoms with E-state index < -0.39 is 17.9 Å². The molecule has 2 amide bonds. The van der Waals surface area contributed by atoms with Crippen LogP contribution in [-0.2, 0) is 11.2 Å². The van der Waals surface area contributed by atoms with Gasteiger partial charge in [-0.1, -0.05) is 30.3 Å². The number of rotatable bonds is 6. The smallest absolute Gasteiger partial charge is 0.337 e. The Balaban J connectivity index is 1.79. The normalized spacial score (nSPS) is 14.6. The van der Waals surface area contributed by atoms with Gasteiger partial charge in [-0.25, -0.2) is 4.79 Å². The van der Waals surface area contributed by atoms with Crippen LogP contribution in [0, 0.1) is 0 Å². The average Bonchev–Trinajstić information content (AvgIpc) is 3.22. The third kappa shape index (κ3) is 4.69. The predicted octanol–water partition coefficient (Wildman–Crippen LogP) is 1.74. The summed E-state index contributed by atoms with van der Waals surface area (Å²) in [7, 11) is 0. The highest BCUT2D eigenvalue weighted by Gasteiger charge is 2.28. The number of aromatic carboxylic acids is 1. The van der Waals surface area contributed by atoms with Crippen LogP contribution in [0.3, 0.4) is 0 Å². The van der Waals surface area contributed by atoms with Gasteiger partial charge in [0.05, 0.1) is 11.1 Å². The first-order valence-corrected chi connectivity index (χ1v) is 8.86. The van der Waals surface area contributed by atoms with Crippen LogP contribution in [0.4, 0.5) is 0 Å². The van der Waals surface area contributed by atoms with Crippen LogP contribution < -0.4 is 5.32 Å². The van der Waals surface area contributed by atoms with Crippen LogP contribution >= 0.6 is 0 Å². The van der Waals surface area contributed by atoms with Crippen molar-refractivity contribution in [3.63, 3.8) is 0 Å². The van der Waals surface area contributed by atoms with Gasteiger partial charge in [0.15, 0.2) is 0 Å². The number of nitrogens with one attached hydrogen (secondary N) is 1. The van der Waals surface area contributed by atoms with Crippen molar-refractivity contribution < 1.29 is 19.5 Å². The highest BCUT2D eigenvalue weighted by molar-refractivity contribution is 5.99. The fourth-order valence-electron chi connectivity index (χ4n) is 3.13. The molecule has 27 heavy (non-hydrogen) atoms. The second-order valence-corrected chi connectivity index (χ2v) is 6.52. The maximum atomic E-state index is 12.9. The zero-order chi connectivity index (χ0) is 19.2. The van der Waals surface area contributed by atoms with Crippen LogP contribution in [0.5, 0.6) is 0 Å². The van der Waals surface area contributed by atoms with E-state index >= 15 is 0 Å². The van der Waals surface area contributed by atoms with Crippen LogP contribution in [0.1, 0.15) is 39.1 Å². The van der Waals surface area contributed by atoms with E-state index in [0.717, 1.165) is 18.4 Å². The number of carbonyl (C=O) groups is 3. The minimum atomic E-state index is -1.16. The van der Waals surface area contributed by atoms with Gasteiger partial charge in [0.2, 0.25) is 5.91 Å². The summed E-state index contributed by atoms with van der Waals surface area (Å²) in [6.07, 6.45) is 4.76. The lowest BCUT2D eigenvalue weighted by atomic mass is 10.0. The molecule has 2 heterocycles. The van der Waals surface area contributed by atoms with Crippen LogP contribution in [0.2, 0.25) is 0 Å². The molecule has 1 aliphatic heterocycles. The van der Waals surface area contributed by atoms with Gasteiger partial charge >= 0.3 is 5.97 Å². The molecule has 2 N–H and O–H groups in total. The van der Waals surface area contributed by atoms with Crippen molar-refractivity contribution in [1.29, 1.82) is 0 Å². The highest BCUT2D eigenvalue weighted by Crippen LogP contribution is 2.13. The molecule has 3 rings (SSSR count). The number of carboxylic acid groups (broad SMARTS) is 1. The molecule has 1 saturated heterocycles. The Morgan fingerprint density at radius 3 is 2.41 bits per heavy atom. The summed E-state index contributed by atoms with van der Waals surface area (Å²) in [4.78, 5) is 42.2. The first kappa shape index (κ1) is 18.6. The van der Waals surface area contributed by atoms with E-state index in [2.05, 4.69) is 10.3 Å². The monoisotopic (exact) mass is 367 g/mol. The maximum Gasteiger partial charge on any atom is 0.337 e. The topological polar surface area (TPSA) is 99.6 Å². The van der Waals surface area contributed by atoms with E-state index in [1.165, 1.54) is 18.5 Å². The second-order valence-electron chi connectivity index (χ2n) is 6.52. The highest BCUT2D eigenvalue weighted by atomic mass is 16.4. The molecule has 0 radical (unpaired) electrons. The summed E-state index contributed by atoms with van der Waals surface area (Å²) in [6.45, 7) is 1.38. The fourth-order valence-corrected chi connectivity index (χ4v) is 3.13. The first-order chi connectivity index (χ1) is 13.0. The Labute approximate surface area is 157 Å². The average molecular weight is 367 g/mol. The standard InChI is InChI=1S/C20H21N3O4/c24-18(15-11-16(20(26)27)13-21-12-15)22-17(10-14-6-2-1-3-7-14)19(25)23-8-4-5-9-23/h1-3,6-7,11-13,17H,4-5,8-10H2,(H,22,24)(H,26,27). The lowest BCUT2D eigenvalue weighted by Crippen LogP contribution is -2.49. The zero-order valence-corrected chi connectivity index (χ0v) is 14.8. The van der Waals surface area contributed by atoms with Gasteiger partial charge in [0, 0.05) is 31.9 Å². The number of likely N-dealkylation sites (tertiary alicyclic amines) is 1. The quantitative estimate of drug-likeness (QED) is 0.810. The molecule has 0 bridgehead atoms. The molecule has 1 aromatic heterocycles. The third-order valence-corrected chi connectivity index (χ3v) is 4.55. The third-order valence-electron chi connectivity index (χ3n) is 4.55. The van der Waals surface area contributed by atoms with Crippen molar-refractivity contribution in [3.8, 4) is 0 Å². The van der Waals surface area contributed by atoms with Gasteiger partial charge in [0.1, 0.15) is 6.04 Å². The molecule has 0 aliphatic carbocycles. The van der Waals surface area contributed by atoms with Crippen LogP contribution in [0.25, 0.3) is 0 Å². The Morgan fingerprint density at radius 1 is 1.07 bits per heavy atom. The number of nitrogens with zero attached hydrogens (tertiary/aromatic N) is 2.